The summed E-state index contributed by atoms with van der Waals surface area (Å²) in [7, 11) is 0. The second-order valence-corrected chi connectivity index (χ2v) is 5.00. The van der Waals surface area contributed by atoms with E-state index in [0.29, 0.717) is 18.3 Å². The van der Waals surface area contributed by atoms with Gasteiger partial charge in [-0.15, -0.1) is 0 Å². The van der Waals surface area contributed by atoms with Gasteiger partial charge in [0.2, 0.25) is 11.9 Å². The highest BCUT2D eigenvalue weighted by Gasteiger charge is 2.10. The zero-order chi connectivity index (χ0) is 16.1. The predicted octanol–water partition coefficient (Wildman–Crippen LogP) is 2.23. The lowest BCUT2D eigenvalue weighted by Crippen LogP contribution is -2.08. The third kappa shape index (κ3) is 3.61. The molecule has 0 amide bonds. The molecule has 116 valence electrons. The van der Waals surface area contributed by atoms with Crippen LogP contribution in [0.25, 0.3) is 11.4 Å². The minimum atomic E-state index is -0.0888. The van der Waals surface area contributed by atoms with Crippen LogP contribution in [0.4, 0.5) is 11.9 Å². The van der Waals surface area contributed by atoms with Gasteiger partial charge in [-0.2, -0.15) is 15.0 Å². The maximum Gasteiger partial charge on any atom is 0.228 e. The molecule has 6 heteroatoms. The fraction of sp³-hybridized carbons (Fsp3) is 0.118. The Labute approximate surface area is 134 Å². The van der Waals surface area contributed by atoms with Crippen LogP contribution in [0, 0.1) is 0 Å². The monoisotopic (exact) mass is 307 g/mol. The summed E-state index contributed by atoms with van der Waals surface area (Å²) in [6.45, 7) is 0.500. The lowest BCUT2D eigenvalue weighted by molar-refractivity contribution is 0.282. The largest absolute Gasteiger partial charge is 0.392 e. The topological polar surface area (TPSA) is 97.0 Å². The number of benzene rings is 2. The third-order valence-corrected chi connectivity index (χ3v) is 3.37. The molecular formula is C17H17N5O. The van der Waals surface area contributed by atoms with Crippen molar-refractivity contribution in [1.29, 1.82) is 0 Å². The van der Waals surface area contributed by atoms with Crippen LogP contribution in [0.5, 0.6) is 0 Å². The minimum Gasteiger partial charge on any atom is -0.392 e. The quantitative estimate of drug-likeness (QED) is 0.669. The number of aromatic nitrogens is 3. The van der Waals surface area contributed by atoms with Gasteiger partial charge in [0.1, 0.15) is 0 Å². The summed E-state index contributed by atoms with van der Waals surface area (Å²) in [6.07, 6.45) is 0. The Morgan fingerprint density at radius 1 is 0.913 bits per heavy atom. The zero-order valence-corrected chi connectivity index (χ0v) is 12.5. The van der Waals surface area contributed by atoms with E-state index in [9.17, 15) is 5.11 Å². The summed E-state index contributed by atoms with van der Waals surface area (Å²) in [4.78, 5) is 12.7. The first-order valence-electron chi connectivity index (χ1n) is 7.25. The van der Waals surface area contributed by atoms with Crippen LogP contribution < -0.4 is 11.1 Å². The second kappa shape index (κ2) is 6.85. The molecule has 0 unspecified atom stereocenters. The van der Waals surface area contributed by atoms with E-state index >= 15 is 0 Å². The van der Waals surface area contributed by atoms with Crippen molar-refractivity contribution in [2.24, 2.45) is 0 Å². The molecule has 0 saturated carbocycles. The highest BCUT2D eigenvalue weighted by molar-refractivity contribution is 5.62. The minimum absolute atomic E-state index is 0.0888. The number of hydrogen-bond acceptors (Lipinski definition) is 6. The van der Waals surface area contributed by atoms with E-state index in [-0.39, 0.29) is 12.6 Å². The van der Waals surface area contributed by atoms with Gasteiger partial charge in [0, 0.05) is 12.1 Å². The van der Waals surface area contributed by atoms with Gasteiger partial charge in [-0.3, -0.25) is 0 Å². The number of nitrogens with zero attached hydrogens (tertiary/aromatic N) is 3. The van der Waals surface area contributed by atoms with Gasteiger partial charge in [0.25, 0.3) is 0 Å². The summed E-state index contributed by atoms with van der Waals surface area (Å²) in [5.74, 6) is 0.986. The lowest BCUT2D eigenvalue weighted by atomic mass is 10.1. The molecule has 1 heterocycles. The number of anilines is 2. The van der Waals surface area contributed by atoms with Crippen molar-refractivity contribution < 1.29 is 5.11 Å². The molecule has 0 aliphatic carbocycles. The van der Waals surface area contributed by atoms with Crippen LogP contribution in [0.2, 0.25) is 0 Å². The Hall–Kier alpha value is -2.99. The summed E-state index contributed by atoms with van der Waals surface area (Å²) in [5, 5.41) is 12.6. The Kier molecular flexibility index (Phi) is 4.44. The molecule has 0 fully saturated rings. The van der Waals surface area contributed by atoms with Gasteiger partial charge < -0.3 is 16.2 Å². The van der Waals surface area contributed by atoms with E-state index < -0.39 is 0 Å². The molecule has 0 radical (unpaired) electrons. The van der Waals surface area contributed by atoms with Crippen molar-refractivity contribution in [3.63, 3.8) is 0 Å². The maximum atomic E-state index is 9.45. The van der Waals surface area contributed by atoms with Gasteiger partial charge >= 0.3 is 0 Å². The average Bonchev–Trinajstić information content (AvgIpc) is 2.60. The summed E-state index contributed by atoms with van der Waals surface area (Å²) in [6, 6.07) is 17.3. The SMILES string of the molecule is Nc1nc(NCc2ccccc2)nc(-c2ccccc2CO)n1. The Balaban J connectivity index is 1.87. The Bertz CT molecular complexity index is 792. The molecule has 3 rings (SSSR count). The normalized spacial score (nSPS) is 10.5. The molecule has 4 N–H and O–H groups in total. The molecule has 0 saturated heterocycles. The number of aliphatic hydroxyl groups excluding tert-OH is 1. The molecule has 0 atom stereocenters. The van der Waals surface area contributed by atoms with Crippen LogP contribution in [-0.2, 0) is 13.2 Å². The number of nitrogens with one attached hydrogen (secondary N) is 1. The molecule has 3 aromatic rings. The van der Waals surface area contributed by atoms with E-state index in [1.165, 1.54) is 0 Å². The number of nitrogen functional groups attached to an aromatic ring is 1. The fourth-order valence-corrected chi connectivity index (χ4v) is 2.25. The number of hydrogen-bond donors (Lipinski definition) is 3. The van der Waals surface area contributed by atoms with Crippen molar-refractivity contribution in [3.05, 3.63) is 65.7 Å². The van der Waals surface area contributed by atoms with Gasteiger partial charge in [0.05, 0.1) is 6.61 Å². The van der Waals surface area contributed by atoms with E-state index in [1.54, 1.807) is 0 Å². The highest BCUT2D eigenvalue weighted by Crippen LogP contribution is 2.21. The van der Waals surface area contributed by atoms with Crippen molar-refractivity contribution >= 4 is 11.9 Å². The van der Waals surface area contributed by atoms with Gasteiger partial charge in [-0.25, -0.2) is 0 Å². The number of aliphatic hydroxyl groups is 1. The van der Waals surface area contributed by atoms with Crippen molar-refractivity contribution in [3.8, 4) is 11.4 Å². The van der Waals surface area contributed by atoms with Crippen LogP contribution in [-0.4, -0.2) is 20.1 Å². The first-order valence-corrected chi connectivity index (χ1v) is 7.25. The number of nitrogens with two attached hydrogens (primary N) is 1. The fourth-order valence-electron chi connectivity index (χ4n) is 2.25. The lowest BCUT2D eigenvalue weighted by Gasteiger charge is -2.09. The highest BCUT2D eigenvalue weighted by atomic mass is 16.3. The average molecular weight is 307 g/mol. The van der Waals surface area contributed by atoms with Crippen molar-refractivity contribution in [2.75, 3.05) is 11.1 Å². The van der Waals surface area contributed by atoms with Gasteiger partial charge in [0.15, 0.2) is 5.82 Å². The molecule has 0 bridgehead atoms. The molecule has 23 heavy (non-hydrogen) atoms. The van der Waals surface area contributed by atoms with E-state index in [2.05, 4.69) is 20.3 Å². The smallest absolute Gasteiger partial charge is 0.228 e. The zero-order valence-electron chi connectivity index (χ0n) is 12.5. The number of rotatable bonds is 5. The van der Waals surface area contributed by atoms with Gasteiger partial charge in [-0.05, 0) is 11.1 Å². The Morgan fingerprint density at radius 2 is 1.65 bits per heavy atom. The van der Waals surface area contributed by atoms with E-state index in [4.69, 9.17) is 5.73 Å². The molecular weight excluding hydrogens is 290 g/mol. The molecule has 1 aromatic heterocycles. The van der Waals surface area contributed by atoms with Gasteiger partial charge in [-0.1, -0.05) is 54.6 Å². The van der Waals surface area contributed by atoms with Crippen LogP contribution in [0.3, 0.4) is 0 Å². The maximum absolute atomic E-state index is 9.45. The first-order chi connectivity index (χ1) is 11.3. The molecule has 6 nitrogen and oxygen atoms in total. The summed E-state index contributed by atoms with van der Waals surface area (Å²) in [5.41, 5.74) is 8.39. The summed E-state index contributed by atoms with van der Waals surface area (Å²) < 4.78 is 0. The van der Waals surface area contributed by atoms with E-state index in [1.807, 2.05) is 54.6 Å². The van der Waals surface area contributed by atoms with Crippen LogP contribution in [0.15, 0.2) is 54.6 Å². The van der Waals surface area contributed by atoms with E-state index in [0.717, 1.165) is 16.7 Å². The molecule has 0 aliphatic rings. The molecule has 0 spiro atoms. The Morgan fingerprint density at radius 3 is 2.43 bits per heavy atom. The second-order valence-electron chi connectivity index (χ2n) is 5.00. The summed E-state index contributed by atoms with van der Waals surface area (Å²) >= 11 is 0. The predicted molar refractivity (Wildman–Crippen MR) is 89.4 cm³/mol. The first kappa shape index (κ1) is 14.9. The van der Waals surface area contributed by atoms with Crippen LogP contribution >= 0.6 is 0 Å². The van der Waals surface area contributed by atoms with Crippen LogP contribution in [0.1, 0.15) is 11.1 Å². The molecule has 2 aromatic carbocycles. The van der Waals surface area contributed by atoms with Crippen molar-refractivity contribution in [2.45, 2.75) is 13.2 Å². The standard InChI is InChI=1S/C17H17N5O/c18-16-20-15(14-9-5-4-8-13(14)11-23)21-17(22-16)19-10-12-6-2-1-3-7-12/h1-9,23H,10-11H2,(H3,18,19,20,21,22). The third-order valence-electron chi connectivity index (χ3n) is 3.37. The van der Waals surface area contributed by atoms with Crippen molar-refractivity contribution in [1.82, 2.24) is 15.0 Å². The molecule has 0 aliphatic heterocycles.